The van der Waals surface area contributed by atoms with Crippen LogP contribution in [0, 0.1) is 0 Å². The molecule has 0 saturated carbocycles. The summed E-state index contributed by atoms with van der Waals surface area (Å²) in [6.45, 7) is 8.31. The van der Waals surface area contributed by atoms with Crippen molar-refractivity contribution in [2.45, 2.75) is 52.2 Å². The van der Waals surface area contributed by atoms with E-state index in [2.05, 4.69) is 43.6 Å². The van der Waals surface area contributed by atoms with Gasteiger partial charge in [-0.3, -0.25) is 0 Å². The normalized spacial score (nSPS) is 14.8. The van der Waals surface area contributed by atoms with Crippen LogP contribution in [0.2, 0.25) is 0 Å². The third kappa shape index (κ3) is 5.66. The number of nitrogens with one attached hydrogen (secondary N) is 1. The Kier molecular flexibility index (Phi) is 7.49. The Morgan fingerprint density at radius 1 is 1.41 bits per heavy atom. The maximum atomic E-state index is 5.71. The molecule has 1 aromatic rings. The Hall–Kier alpha value is -0.380. The molecular weight excluding hydrogens is 230 g/mol. The molecular formula is C14H25NOS. The highest BCUT2D eigenvalue weighted by molar-refractivity contribution is 7.09. The SMILES string of the molecule is CCCNC(CCc1cccs1)C(C)OCC. The van der Waals surface area contributed by atoms with Crippen LogP contribution >= 0.6 is 11.3 Å². The highest BCUT2D eigenvalue weighted by atomic mass is 32.1. The van der Waals surface area contributed by atoms with Crippen molar-refractivity contribution in [1.29, 1.82) is 0 Å². The average molecular weight is 255 g/mol. The number of hydrogen-bond acceptors (Lipinski definition) is 3. The Morgan fingerprint density at radius 3 is 2.82 bits per heavy atom. The van der Waals surface area contributed by atoms with Crippen molar-refractivity contribution in [3.05, 3.63) is 22.4 Å². The molecule has 0 bridgehead atoms. The summed E-state index contributed by atoms with van der Waals surface area (Å²) in [5, 5.41) is 5.74. The Morgan fingerprint density at radius 2 is 2.24 bits per heavy atom. The third-order valence-corrected chi connectivity index (χ3v) is 3.87. The van der Waals surface area contributed by atoms with Crippen molar-refractivity contribution in [3.63, 3.8) is 0 Å². The molecule has 1 heterocycles. The smallest absolute Gasteiger partial charge is 0.0699 e. The highest BCUT2D eigenvalue weighted by Gasteiger charge is 2.16. The predicted molar refractivity (Wildman–Crippen MR) is 75.8 cm³/mol. The molecule has 2 nitrogen and oxygen atoms in total. The van der Waals surface area contributed by atoms with Gasteiger partial charge in [-0.15, -0.1) is 11.3 Å². The summed E-state index contributed by atoms with van der Waals surface area (Å²) in [5.74, 6) is 0. The molecule has 17 heavy (non-hydrogen) atoms. The predicted octanol–water partition coefficient (Wildman–Crippen LogP) is 3.47. The monoisotopic (exact) mass is 255 g/mol. The number of rotatable bonds is 9. The van der Waals surface area contributed by atoms with Crippen molar-refractivity contribution in [2.75, 3.05) is 13.2 Å². The second kappa shape index (κ2) is 8.67. The van der Waals surface area contributed by atoms with Crippen LogP contribution in [-0.2, 0) is 11.2 Å². The molecule has 2 atom stereocenters. The summed E-state index contributed by atoms with van der Waals surface area (Å²) in [7, 11) is 0. The topological polar surface area (TPSA) is 21.3 Å². The molecule has 0 amide bonds. The fourth-order valence-electron chi connectivity index (χ4n) is 1.96. The van der Waals surface area contributed by atoms with E-state index in [1.807, 2.05) is 11.3 Å². The molecule has 0 saturated heterocycles. The number of aryl methyl sites for hydroxylation is 1. The van der Waals surface area contributed by atoms with Crippen LogP contribution in [0.25, 0.3) is 0 Å². The third-order valence-electron chi connectivity index (χ3n) is 2.93. The van der Waals surface area contributed by atoms with Gasteiger partial charge in [-0.2, -0.15) is 0 Å². The molecule has 1 rings (SSSR count). The van der Waals surface area contributed by atoms with Gasteiger partial charge in [-0.1, -0.05) is 13.0 Å². The molecule has 1 N–H and O–H groups in total. The van der Waals surface area contributed by atoms with Crippen LogP contribution in [-0.4, -0.2) is 25.3 Å². The lowest BCUT2D eigenvalue weighted by atomic mass is 10.1. The van der Waals surface area contributed by atoms with Crippen LogP contribution in [0.3, 0.4) is 0 Å². The van der Waals surface area contributed by atoms with Gasteiger partial charge in [0.05, 0.1) is 6.10 Å². The van der Waals surface area contributed by atoms with Gasteiger partial charge in [0.2, 0.25) is 0 Å². The minimum absolute atomic E-state index is 0.298. The highest BCUT2D eigenvalue weighted by Crippen LogP contribution is 2.14. The van der Waals surface area contributed by atoms with E-state index >= 15 is 0 Å². The van der Waals surface area contributed by atoms with Gasteiger partial charge in [0.1, 0.15) is 0 Å². The molecule has 0 spiro atoms. The molecule has 0 aliphatic rings. The van der Waals surface area contributed by atoms with Crippen LogP contribution in [0.4, 0.5) is 0 Å². The van der Waals surface area contributed by atoms with E-state index in [-0.39, 0.29) is 0 Å². The molecule has 0 aromatic carbocycles. The summed E-state index contributed by atoms with van der Waals surface area (Å²) >= 11 is 1.85. The molecule has 98 valence electrons. The van der Waals surface area contributed by atoms with E-state index in [9.17, 15) is 0 Å². The summed E-state index contributed by atoms with van der Waals surface area (Å²) in [6, 6.07) is 4.81. The van der Waals surface area contributed by atoms with Gasteiger partial charge in [-0.25, -0.2) is 0 Å². The van der Waals surface area contributed by atoms with Crippen LogP contribution in [0.1, 0.15) is 38.5 Å². The van der Waals surface area contributed by atoms with Crippen molar-refractivity contribution in [1.82, 2.24) is 5.32 Å². The van der Waals surface area contributed by atoms with Gasteiger partial charge in [0.25, 0.3) is 0 Å². The Labute approximate surface area is 109 Å². The summed E-state index contributed by atoms with van der Waals surface area (Å²) < 4.78 is 5.71. The van der Waals surface area contributed by atoms with Crippen LogP contribution < -0.4 is 5.32 Å². The maximum Gasteiger partial charge on any atom is 0.0699 e. The Bertz CT molecular complexity index is 274. The zero-order valence-electron chi connectivity index (χ0n) is 11.2. The lowest BCUT2D eigenvalue weighted by Gasteiger charge is -2.25. The Balaban J connectivity index is 2.39. The fourth-order valence-corrected chi connectivity index (χ4v) is 2.69. The molecule has 2 unspecified atom stereocenters. The summed E-state index contributed by atoms with van der Waals surface area (Å²) in [5.41, 5.74) is 0. The lowest BCUT2D eigenvalue weighted by Crippen LogP contribution is -2.40. The first-order chi connectivity index (χ1) is 8.27. The van der Waals surface area contributed by atoms with Crippen LogP contribution in [0.5, 0.6) is 0 Å². The van der Waals surface area contributed by atoms with Crippen molar-refractivity contribution < 1.29 is 4.74 Å². The van der Waals surface area contributed by atoms with Gasteiger partial charge in [0, 0.05) is 17.5 Å². The second-order valence-corrected chi connectivity index (χ2v) is 5.37. The molecule has 1 aromatic heterocycles. The molecule has 0 radical (unpaired) electrons. The zero-order chi connectivity index (χ0) is 12.5. The number of hydrogen-bond donors (Lipinski definition) is 1. The lowest BCUT2D eigenvalue weighted by molar-refractivity contribution is 0.0454. The summed E-state index contributed by atoms with van der Waals surface area (Å²) in [6.07, 6.45) is 3.78. The first-order valence-electron chi connectivity index (χ1n) is 6.65. The fraction of sp³-hybridized carbons (Fsp3) is 0.714. The van der Waals surface area contributed by atoms with Gasteiger partial charge in [-0.05, 0) is 51.1 Å². The molecule has 0 aliphatic heterocycles. The zero-order valence-corrected chi connectivity index (χ0v) is 12.1. The summed E-state index contributed by atoms with van der Waals surface area (Å²) in [4.78, 5) is 1.47. The van der Waals surface area contributed by atoms with E-state index in [4.69, 9.17) is 4.74 Å². The number of ether oxygens (including phenoxy) is 1. The van der Waals surface area contributed by atoms with Gasteiger partial charge < -0.3 is 10.1 Å². The van der Waals surface area contributed by atoms with E-state index in [1.165, 1.54) is 11.3 Å². The minimum atomic E-state index is 0.298. The molecule has 0 fully saturated rings. The second-order valence-electron chi connectivity index (χ2n) is 4.34. The first kappa shape index (κ1) is 14.7. The van der Waals surface area contributed by atoms with E-state index in [0.717, 1.165) is 26.0 Å². The van der Waals surface area contributed by atoms with Crippen LogP contribution in [0.15, 0.2) is 17.5 Å². The number of thiophene rings is 1. The first-order valence-corrected chi connectivity index (χ1v) is 7.53. The van der Waals surface area contributed by atoms with Gasteiger partial charge >= 0.3 is 0 Å². The van der Waals surface area contributed by atoms with Gasteiger partial charge in [0.15, 0.2) is 0 Å². The standard InChI is InChI=1S/C14H25NOS/c1-4-10-15-14(12(3)16-5-2)9-8-13-7-6-11-17-13/h6-7,11-12,14-15H,4-5,8-10H2,1-3H3. The van der Waals surface area contributed by atoms with Crippen molar-refractivity contribution in [3.8, 4) is 0 Å². The van der Waals surface area contributed by atoms with E-state index in [1.54, 1.807) is 0 Å². The minimum Gasteiger partial charge on any atom is -0.377 e. The largest absolute Gasteiger partial charge is 0.377 e. The quantitative estimate of drug-likeness (QED) is 0.729. The molecule has 0 aliphatic carbocycles. The molecule has 3 heteroatoms. The average Bonchev–Trinajstić information content (AvgIpc) is 2.82. The van der Waals surface area contributed by atoms with E-state index in [0.29, 0.717) is 12.1 Å². The maximum absolute atomic E-state index is 5.71. The van der Waals surface area contributed by atoms with Crippen molar-refractivity contribution in [2.24, 2.45) is 0 Å². The van der Waals surface area contributed by atoms with E-state index < -0.39 is 0 Å². The van der Waals surface area contributed by atoms with Crippen molar-refractivity contribution >= 4 is 11.3 Å².